The molecule has 0 saturated carbocycles. The largest absolute Gasteiger partial charge is 0.379 e. The van der Waals surface area contributed by atoms with Crippen LogP contribution < -0.4 is 10.6 Å². The standard InChI is InChI=1S/C15H16BrN3O2/c1-2-9-17-13-7-4-8-14(15(13)19(20)21)18-12-6-3-5-11(16)10-12/h3-8,10,17-18H,2,9H2,1H3. The number of nitrogens with one attached hydrogen (secondary N) is 2. The third-order valence-electron chi connectivity index (χ3n) is 2.89. The van der Waals surface area contributed by atoms with Crippen LogP contribution in [-0.4, -0.2) is 11.5 Å². The molecule has 2 aromatic rings. The number of halogens is 1. The maximum Gasteiger partial charge on any atom is 0.315 e. The van der Waals surface area contributed by atoms with Crippen molar-refractivity contribution < 1.29 is 4.92 Å². The summed E-state index contributed by atoms with van der Waals surface area (Å²) < 4.78 is 0.912. The minimum Gasteiger partial charge on any atom is -0.379 e. The van der Waals surface area contributed by atoms with E-state index >= 15 is 0 Å². The third-order valence-corrected chi connectivity index (χ3v) is 3.38. The Morgan fingerprint density at radius 2 is 1.90 bits per heavy atom. The summed E-state index contributed by atoms with van der Waals surface area (Å²) in [5.74, 6) is 0. The van der Waals surface area contributed by atoms with Gasteiger partial charge in [0.1, 0.15) is 11.4 Å². The Morgan fingerprint density at radius 1 is 1.19 bits per heavy atom. The number of nitrogens with zero attached hydrogens (tertiary/aromatic N) is 1. The summed E-state index contributed by atoms with van der Waals surface area (Å²) in [5.41, 5.74) is 1.85. The van der Waals surface area contributed by atoms with E-state index < -0.39 is 0 Å². The van der Waals surface area contributed by atoms with E-state index in [1.807, 2.05) is 31.2 Å². The van der Waals surface area contributed by atoms with E-state index in [1.165, 1.54) is 0 Å². The monoisotopic (exact) mass is 349 g/mol. The smallest absolute Gasteiger partial charge is 0.315 e. The maximum absolute atomic E-state index is 11.4. The highest BCUT2D eigenvalue weighted by atomic mass is 79.9. The Hall–Kier alpha value is -2.08. The maximum atomic E-state index is 11.4. The van der Waals surface area contributed by atoms with Gasteiger partial charge in [0.05, 0.1) is 4.92 Å². The Balaban J connectivity index is 2.36. The molecule has 0 heterocycles. The van der Waals surface area contributed by atoms with Crippen LogP contribution in [-0.2, 0) is 0 Å². The Bertz CT molecular complexity index is 647. The molecule has 0 spiro atoms. The molecule has 0 fully saturated rings. The quantitative estimate of drug-likeness (QED) is 0.573. The molecule has 5 nitrogen and oxygen atoms in total. The molecule has 2 rings (SSSR count). The van der Waals surface area contributed by atoms with Crippen molar-refractivity contribution in [2.75, 3.05) is 17.2 Å². The molecule has 0 amide bonds. The third kappa shape index (κ3) is 3.95. The van der Waals surface area contributed by atoms with Gasteiger partial charge in [-0.25, -0.2) is 0 Å². The highest BCUT2D eigenvalue weighted by Crippen LogP contribution is 2.35. The Labute approximate surface area is 131 Å². The van der Waals surface area contributed by atoms with Gasteiger partial charge in [0.25, 0.3) is 0 Å². The zero-order chi connectivity index (χ0) is 15.2. The van der Waals surface area contributed by atoms with E-state index in [0.29, 0.717) is 17.9 Å². The molecule has 0 aliphatic carbocycles. The molecule has 0 saturated heterocycles. The molecule has 2 N–H and O–H groups in total. The van der Waals surface area contributed by atoms with E-state index in [2.05, 4.69) is 26.6 Å². The van der Waals surface area contributed by atoms with Gasteiger partial charge >= 0.3 is 5.69 Å². The molecule has 2 aromatic carbocycles. The lowest BCUT2D eigenvalue weighted by Crippen LogP contribution is -2.05. The molecular formula is C15H16BrN3O2. The van der Waals surface area contributed by atoms with Crippen LogP contribution in [0.5, 0.6) is 0 Å². The summed E-state index contributed by atoms with van der Waals surface area (Å²) in [4.78, 5) is 11.0. The summed E-state index contributed by atoms with van der Waals surface area (Å²) in [6, 6.07) is 12.7. The molecule has 0 bridgehead atoms. The minimum atomic E-state index is -0.363. The second kappa shape index (κ2) is 7.08. The summed E-state index contributed by atoms with van der Waals surface area (Å²) in [5, 5.41) is 17.6. The van der Waals surface area contributed by atoms with Gasteiger partial charge in [-0.1, -0.05) is 35.0 Å². The summed E-state index contributed by atoms with van der Waals surface area (Å²) >= 11 is 3.39. The molecule has 6 heteroatoms. The highest BCUT2D eigenvalue weighted by molar-refractivity contribution is 9.10. The number of hydrogen-bond donors (Lipinski definition) is 2. The van der Waals surface area contributed by atoms with Crippen molar-refractivity contribution in [3.63, 3.8) is 0 Å². The average Bonchev–Trinajstić information content (AvgIpc) is 2.45. The van der Waals surface area contributed by atoms with Crippen LogP contribution in [0.4, 0.5) is 22.7 Å². The molecule has 0 radical (unpaired) electrons. The number of rotatable bonds is 6. The van der Waals surface area contributed by atoms with Crippen molar-refractivity contribution in [2.45, 2.75) is 13.3 Å². The van der Waals surface area contributed by atoms with Gasteiger partial charge < -0.3 is 10.6 Å². The second-order valence-electron chi connectivity index (χ2n) is 4.52. The van der Waals surface area contributed by atoms with E-state index in [0.717, 1.165) is 16.6 Å². The van der Waals surface area contributed by atoms with Gasteiger partial charge in [-0.3, -0.25) is 10.1 Å². The fourth-order valence-electron chi connectivity index (χ4n) is 1.97. The van der Waals surface area contributed by atoms with E-state index in [4.69, 9.17) is 0 Å². The van der Waals surface area contributed by atoms with Crippen molar-refractivity contribution in [2.24, 2.45) is 0 Å². The number of nitro groups is 1. The fraction of sp³-hybridized carbons (Fsp3) is 0.200. The molecule has 0 unspecified atom stereocenters. The van der Waals surface area contributed by atoms with Crippen molar-refractivity contribution >= 4 is 38.7 Å². The predicted molar refractivity (Wildman–Crippen MR) is 89.3 cm³/mol. The normalized spacial score (nSPS) is 10.2. The molecular weight excluding hydrogens is 334 g/mol. The number of para-hydroxylation sites is 1. The van der Waals surface area contributed by atoms with Crippen molar-refractivity contribution in [3.8, 4) is 0 Å². The van der Waals surface area contributed by atoms with Gasteiger partial charge in [-0.05, 0) is 36.8 Å². The fourth-order valence-corrected chi connectivity index (χ4v) is 2.36. The molecule has 21 heavy (non-hydrogen) atoms. The first-order valence-electron chi connectivity index (χ1n) is 6.65. The second-order valence-corrected chi connectivity index (χ2v) is 5.44. The first-order chi connectivity index (χ1) is 10.1. The lowest BCUT2D eigenvalue weighted by atomic mass is 10.2. The van der Waals surface area contributed by atoms with Crippen LogP contribution in [0.25, 0.3) is 0 Å². The average molecular weight is 350 g/mol. The number of anilines is 3. The number of hydrogen-bond acceptors (Lipinski definition) is 4. The van der Waals surface area contributed by atoms with Gasteiger partial charge in [-0.2, -0.15) is 0 Å². The highest BCUT2D eigenvalue weighted by Gasteiger charge is 2.19. The number of benzene rings is 2. The minimum absolute atomic E-state index is 0.0610. The SMILES string of the molecule is CCCNc1cccc(Nc2cccc(Br)c2)c1[N+](=O)[O-]. The van der Waals surface area contributed by atoms with Crippen molar-refractivity contribution in [1.82, 2.24) is 0 Å². The Morgan fingerprint density at radius 3 is 2.57 bits per heavy atom. The zero-order valence-electron chi connectivity index (χ0n) is 11.6. The Kier molecular flexibility index (Phi) is 5.16. The first-order valence-corrected chi connectivity index (χ1v) is 7.45. The van der Waals surface area contributed by atoms with Crippen LogP contribution in [0, 0.1) is 10.1 Å². The summed E-state index contributed by atoms with van der Waals surface area (Å²) in [7, 11) is 0. The van der Waals surface area contributed by atoms with Crippen LogP contribution in [0.1, 0.15) is 13.3 Å². The van der Waals surface area contributed by atoms with E-state index in [-0.39, 0.29) is 10.6 Å². The van der Waals surface area contributed by atoms with Gasteiger partial charge in [0.2, 0.25) is 0 Å². The topological polar surface area (TPSA) is 67.2 Å². The zero-order valence-corrected chi connectivity index (χ0v) is 13.2. The lowest BCUT2D eigenvalue weighted by molar-refractivity contribution is -0.383. The number of nitro benzene ring substituents is 1. The van der Waals surface area contributed by atoms with Crippen LogP contribution in [0.3, 0.4) is 0 Å². The van der Waals surface area contributed by atoms with Crippen LogP contribution >= 0.6 is 15.9 Å². The predicted octanol–water partition coefficient (Wildman–Crippen LogP) is 4.92. The van der Waals surface area contributed by atoms with E-state index in [9.17, 15) is 10.1 Å². The van der Waals surface area contributed by atoms with Crippen LogP contribution in [0.15, 0.2) is 46.9 Å². The molecule has 0 atom stereocenters. The van der Waals surface area contributed by atoms with Gasteiger partial charge in [0, 0.05) is 16.7 Å². The lowest BCUT2D eigenvalue weighted by Gasteiger charge is -2.11. The van der Waals surface area contributed by atoms with Crippen molar-refractivity contribution in [1.29, 1.82) is 0 Å². The van der Waals surface area contributed by atoms with Crippen LogP contribution in [0.2, 0.25) is 0 Å². The first kappa shape index (κ1) is 15.3. The molecule has 0 aliphatic rings. The van der Waals surface area contributed by atoms with Crippen molar-refractivity contribution in [3.05, 3.63) is 57.1 Å². The van der Waals surface area contributed by atoms with Gasteiger partial charge in [0.15, 0.2) is 0 Å². The molecule has 110 valence electrons. The summed E-state index contributed by atoms with van der Waals surface area (Å²) in [6.45, 7) is 2.71. The van der Waals surface area contributed by atoms with Gasteiger partial charge in [-0.15, -0.1) is 0 Å². The van der Waals surface area contributed by atoms with E-state index in [1.54, 1.807) is 18.2 Å². The molecule has 0 aliphatic heterocycles. The molecule has 0 aromatic heterocycles. The summed E-state index contributed by atoms with van der Waals surface area (Å²) in [6.07, 6.45) is 0.903.